The Balaban J connectivity index is 2.01. The number of nitrogens with one attached hydrogen (secondary N) is 1. The molecule has 0 aliphatic rings. The lowest BCUT2D eigenvalue weighted by molar-refractivity contribution is -0.115. The summed E-state index contributed by atoms with van der Waals surface area (Å²) < 4.78 is 13.0. The van der Waals surface area contributed by atoms with Crippen LogP contribution in [0.2, 0.25) is 10.0 Å². The highest BCUT2D eigenvalue weighted by molar-refractivity contribution is 6.31. The second kappa shape index (κ2) is 6.04. The molecule has 1 N–H and O–H groups in total. The monoisotopic (exact) mass is 297 g/mol. The van der Waals surface area contributed by atoms with Gasteiger partial charge < -0.3 is 5.32 Å². The highest BCUT2D eigenvalue weighted by Gasteiger charge is 2.06. The van der Waals surface area contributed by atoms with Crippen molar-refractivity contribution >= 4 is 34.8 Å². The summed E-state index contributed by atoms with van der Waals surface area (Å²) in [5, 5.41) is 3.25. The lowest BCUT2D eigenvalue weighted by atomic mass is 10.1. The van der Waals surface area contributed by atoms with Gasteiger partial charge in [0.1, 0.15) is 5.82 Å². The Hall–Kier alpha value is -1.58. The summed E-state index contributed by atoms with van der Waals surface area (Å²) in [6.07, 6.45) is 0.214. The summed E-state index contributed by atoms with van der Waals surface area (Å²) in [5.41, 5.74) is 1.31. The minimum atomic E-state index is -0.516. The third kappa shape index (κ3) is 3.94. The van der Waals surface area contributed by atoms with Gasteiger partial charge in [-0.25, -0.2) is 4.39 Å². The molecule has 19 heavy (non-hydrogen) atoms. The van der Waals surface area contributed by atoms with Crippen LogP contribution in [0.5, 0.6) is 0 Å². The van der Waals surface area contributed by atoms with Crippen molar-refractivity contribution in [2.45, 2.75) is 6.42 Å². The average Bonchev–Trinajstić information content (AvgIpc) is 2.37. The quantitative estimate of drug-likeness (QED) is 0.898. The standard InChI is InChI=1S/C14H10Cl2FNO/c15-10-3-1-9(2-4-10)7-14(19)18-11-5-6-13(17)12(16)8-11/h1-6,8H,7H2,(H,18,19). The molecule has 1 amide bonds. The van der Waals surface area contributed by atoms with Gasteiger partial charge in [0.25, 0.3) is 0 Å². The lowest BCUT2D eigenvalue weighted by Gasteiger charge is -2.06. The van der Waals surface area contributed by atoms with Crippen molar-refractivity contribution in [3.8, 4) is 0 Å². The van der Waals surface area contributed by atoms with Crippen LogP contribution in [0, 0.1) is 5.82 Å². The van der Waals surface area contributed by atoms with Gasteiger partial charge >= 0.3 is 0 Å². The van der Waals surface area contributed by atoms with E-state index in [4.69, 9.17) is 23.2 Å². The predicted octanol–water partition coefficient (Wildman–Crippen LogP) is 4.31. The summed E-state index contributed by atoms with van der Waals surface area (Å²) in [6.45, 7) is 0. The minimum absolute atomic E-state index is 0.0238. The fraction of sp³-hybridized carbons (Fsp3) is 0.0714. The topological polar surface area (TPSA) is 29.1 Å². The highest BCUT2D eigenvalue weighted by Crippen LogP contribution is 2.19. The largest absolute Gasteiger partial charge is 0.326 e. The average molecular weight is 298 g/mol. The van der Waals surface area contributed by atoms with Crippen LogP contribution < -0.4 is 5.32 Å². The number of rotatable bonds is 3. The highest BCUT2D eigenvalue weighted by atomic mass is 35.5. The Morgan fingerprint density at radius 3 is 2.42 bits per heavy atom. The Morgan fingerprint density at radius 2 is 1.79 bits per heavy atom. The minimum Gasteiger partial charge on any atom is -0.326 e. The normalized spacial score (nSPS) is 10.3. The number of halogens is 3. The van der Waals surface area contributed by atoms with Gasteiger partial charge in [-0.3, -0.25) is 4.79 Å². The van der Waals surface area contributed by atoms with Crippen LogP contribution >= 0.6 is 23.2 Å². The summed E-state index contributed by atoms with van der Waals surface area (Å²) in [4.78, 5) is 11.8. The Kier molecular flexibility index (Phi) is 4.40. The van der Waals surface area contributed by atoms with Crippen molar-refractivity contribution in [3.05, 3.63) is 63.9 Å². The molecule has 0 aliphatic heterocycles. The van der Waals surface area contributed by atoms with E-state index in [0.717, 1.165) is 5.56 Å². The smallest absolute Gasteiger partial charge is 0.228 e. The number of hydrogen-bond acceptors (Lipinski definition) is 1. The van der Waals surface area contributed by atoms with Crippen LogP contribution in [0.1, 0.15) is 5.56 Å². The molecule has 2 rings (SSSR count). The molecule has 2 aromatic carbocycles. The number of benzene rings is 2. The zero-order chi connectivity index (χ0) is 13.8. The van der Waals surface area contributed by atoms with Crippen LogP contribution in [0.4, 0.5) is 10.1 Å². The number of carbonyl (C=O) groups is 1. The van der Waals surface area contributed by atoms with Gasteiger partial charge in [-0.1, -0.05) is 35.3 Å². The molecule has 0 radical (unpaired) electrons. The van der Waals surface area contributed by atoms with E-state index in [1.807, 2.05) is 0 Å². The molecular weight excluding hydrogens is 288 g/mol. The van der Waals surface area contributed by atoms with E-state index in [2.05, 4.69) is 5.32 Å². The summed E-state index contributed by atoms with van der Waals surface area (Å²) in [7, 11) is 0. The van der Waals surface area contributed by atoms with E-state index >= 15 is 0 Å². The third-order valence-corrected chi connectivity index (χ3v) is 3.02. The molecule has 2 nitrogen and oxygen atoms in total. The van der Waals surface area contributed by atoms with E-state index < -0.39 is 5.82 Å². The Labute approximate surface area is 120 Å². The first-order valence-electron chi connectivity index (χ1n) is 5.54. The maximum absolute atomic E-state index is 13.0. The molecule has 0 unspecified atom stereocenters. The molecule has 0 atom stereocenters. The first kappa shape index (κ1) is 13.8. The van der Waals surface area contributed by atoms with Crippen LogP contribution in [0.3, 0.4) is 0 Å². The number of carbonyl (C=O) groups excluding carboxylic acids is 1. The molecule has 0 heterocycles. The molecule has 98 valence electrons. The van der Waals surface area contributed by atoms with Crippen molar-refractivity contribution < 1.29 is 9.18 Å². The van der Waals surface area contributed by atoms with Gasteiger partial charge in [0.2, 0.25) is 5.91 Å². The summed E-state index contributed by atoms with van der Waals surface area (Å²) >= 11 is 11.4. The Bertz CT molecular complexity index is 599. The van der Waals surface area contributed by atoms with Gasteiger partial charge in [-0.15, -0.1) is 0 Å². The van der Waals surface area contributed by atoms with Crippen molar-refractivity contribution in [1.29, 1.82) is 0 Å². The van der Waals surface area contributed by atoms with Crippen LogP contribution in [-0.4, -0.2) is 5.91 Å². The molecule has 0 aliphatic carbocycles. The molecule has 0 saturated heterocycles. The van der Waals surface area contributed by atoms with Crippen LogP contribution in [-0.2, 0) is 11.2 Å². The Morgan fingerprint density at radius 1 is 1.11 bits per heavy atom. The third-order valence-electron chi connectivity index (χ3n) is 2.48. The SMILES string of the molecule is O=C(Cc1ccc(Cl)cc1)Nc1ccc(F)c(Cl)c1. The molecule has 5 heteroatoms. The van der Waals surface area contributed by atoms with Gasteiger partial charge in [0.05, 0.1) is 11.4 Å². The molecule has 0 fully saturated rings. The van der Waals surface area contributed by atoms with E-state index in [-0.39, 0.29) is 17.4 Å². The zero-order valence-electron chi connectivity index (χ0n) is 9.79. The van der Waals surface area contributed by atoms with Gasteiger partial charge in [0, 0.05) is 10.7 Å². The first-order chi connectivity index (χ1) is 9.04. The number of amides is 1. The second-order valence-electron chi connectivity index (χ2n) is 3.98. The molecule has 0 bridgehead atoms. The van der Waals surface area contributed by atoms with Crippen molar-refractivity contribution in [2.24, 2.45) is 0 Å². The number of hydrogen-bond donors (Lipinski definition) is 1. The second-order valence-corrected chi connectivity index (χ2v) is 4.82. The maximum atomic E-state index is 13.0. The predicted molar refractivity (Wildman–Crippen MR) is 75.2 cm³/mol. The van der Waals surface area contributed by atoms with E-state index in [0.29, 0.717) is 10.7 Å². The molecule has 0 spiro atoms. The molecule has 0 saturated carbocycles. The maximum Gasteiger partial charge on any atom is 0.228 e. The van der Waals surface area contributed by atoms with Crippen LogP contribution in [0.25, 0.3) is 0 Å². The van der Waals surface area contributed by atoms with E-state index in [9.17, 15) is 9.18 Å². The van der Waals surface area contributed by atoms with Gasteiger partial charge in [-0.05, 0) is 35.9 Å². The fourth-order valence-electron chi connectivity index (χ4n) is 1.57. The van der Waals surface area contributed by atoms with Crippen molar-refractivity contribution in [3.63, 3.8) is 0 Å². The molecule has 2 aromatic rings. The van der Waals surface area contributed by atoms with E-state index in [1.165, 1.54) is 18.2 Å². The van der Waals surface area contributed by atoms with Gasteiger partial charge in [-0.2, -0.15) is 0 Å². The van der Waals surface area contributed by atoms with Crippen LogP contribution in [0.15, 0.2) is 42.5 Å². The van der Waals surface area contributed by atoms with Crippen molar-refractivity contribution in [2.75, 3.05) is 5.32 Å². The number of anilines is 1. The summed E-state index contributed by atoms with van der Waals surface area (Å²) in [5.74, 6) is -0.720. The fourth-order valence-corrected chi connectivity index (χ4v) is 1.87. The summed E-state index contributed by atoms with van der Waals surface area (Å²) in [6, 6.07) is 11.0. The zero-order valence-corrected chi connectivity index (χ0v) is 11.3. The van der Waals surface area contributed by atoms with Crippen molar-refractivity contribution in [1.82, 2.24) is 0 Å². The van der Waals surface area contributed by atoms with Gasteiger partial charge in [0.15, 0.2) is 0 Å². The molecule has 0 aromatic heterocycles. The molecular formula is C14H10Cl2FNO. The van der Waals surface area contributed by atoms with E-state index in [1.54, 1.807) is 24.3 Å². The lowest BCUT2D eigenvalue weighted by Crippen LogP contribution is -2.14. The first-order valence-corrected chi connectivity index (χ1v) is 6.29.